The molecule has 2 fully saturated rings. The molecule has 7 nitrogen and oxygen atoms in total. The predicted octanol–water partition coefficient (Wildman–Crippen LogP) is 3.15. The number of nitrogens with zero attached hydrogens (tertiary/aromatic N) is 1. The fraction of sp³-hybridized carbons (Fsp3) is 1.00. The van der Waals surface area contributed by atoms with Crippen LogP contribution in [0.15, 0.2) is 4.74 Å². The van der Waals surface area contributed by atoms with Crippen molar-refractivity contribution in [3.8, 4) is 0 Å². The Kier molecular flexibility index (Phi) is 6.54. The lowest BCUT2D eigenvalue weighted by atomic mass is 10.5. The second-order valence-electron chi connectivity index (χ2n) is 5.33. The molecule has 0 bridgehead atoms. The van der Waals surface area contributed by atoms with E-state index in [-0.39, 0.29) is 0 Å². The number of nitrogens with one attached hydrogen (secondary N) is 6. The Bertz CT molecular complexity index is 440. The first kappa shape index (κ1) is 18.3. The zero-order valence-corrected chi connectivity index (χ0v) is 17.6. The van der Waals surface area contributed by atoms with Gasteiger partial charge in [0.05, 0.1) is 11.4 Å². The third-order valence-corrected chi connectivity index (χ3v) is 21.9. The molecule has 2 unspecified atom stereocenters. The van der Waals surface area contributed by atoms with Crippen LogP contribution in [-0.4, -0.2) is 37.7 Å². The standard InChI is InChI=1S/C10H28N7P3S2/c1-3-11-18(12-4-2)15-19(13-7-5-9-21-19)17-20(16-18)14-8-6-10-22-20/h11-13,15-17H,3-10H2,1-2H3/q+2. The Morgan fingerprint density at radius 1 is 1.14 bits per heavy atom. The third-order valence-electron chi connectivity index (χ3n) is 3.46. The topological polar surface area (TPSA) is 84.5 Å². The number of rotatable bonds is 4. The van der Waals surface area contributed by atoms with Crippen LogP contribution in [-0.2, 0) is 0 Å². The molecule has 22 heavy (non-hydrogen) atoms. The fourth-order valence-corrected chi connectivity index (χ4v) is 25.9. The maximum atomic E-state index is 5.06. The van der Waals surface area contributed by atoms with Gasteiger partial charge in [0.2, 0.25) is 6.56 Å². The summed E-state index contributed by atoms with van der Waals surface area (Å²) in [6.07, 6.45) is 2.44. The highest BCUT2D eigenvalue weighted by molar-refractivity contribution is 8.67. The molecular weight excluding hydrogens is 375 g/mol. The third kappa shape index (κ3) is 4.03. The largest absolute Gasteiger partial charge is 0.342 e. The van der Waals surface area contributed by atoms with Gasteiger partial charge in [0.1, 0.15) is 0 Å². The van der Waals surface area contributed by atoms with Gasteiger partial charge in [0.15, 0.2) is 0 Å². The van der Waals surface area contributed by atoms with Crippen LogP contribution in [0.3, 0.4) is 0 Å². The van der Waals surface area contributed by atoms with Gasteiger partial charge in [0, 0.05) is 42.5 Å². The minimum Gasteiger partial charge on any atom is -0.260 e. The van der Waals surface area contributed by atoms with E-state index in [1.165, 1.54) is 24.3 Å². The Morgan fingerprint density at radius 3 is 2.55 bits per heavy atom. The number of hydrogen-bond donors (Lipinski definition) is 6. The summed E-state index contributed by atoms with van der Waals surface area (Å²) in [6, 6.07) is 0. The average Bonchev–Trinajstić information content (AvgIpc) is 2.48. The molecule has 128 valence electrons. The van der Waals surface area contributed by atoms with E-state index in [1.807, 2.05) is 22.8 Å². The molecule has 6 N–H and O–H groups in total. The second kappa shape index (κ2) is 7.84. The molecule has 2 spiro atoms. The van der Waals surface area contributed by atoms with E-state index in [2.05, 4.69) is 43.7 Å². The van der Waals surface area contributed by atoms with E-state index in [0.29, 0.717) is 0 Å². The van der Waals surface area contributed by atoms with Gasteiger partial charge in [0.25, 0.3) is 0 Å². The van der Waals surface area contributed by atoms with Crippen molar-refractivity contribution in [3.63, 3.8) is 0 Å². The van der Waals surface area contributed by atoms with Crippen molar-refractivity contribution in [3.05, 3.63) is 0 Å². The van der Waals surface area contributed by atoms with Crippen LogP contribution in [0, 0.1) is 0 Å². The first-order valence-electron chi connectivity index (χ1n) is 7.95. The summed E-state index contributed by atoms with van der Waals surface area (Å²) < 4.78 is 5.06. The molecule has 3 aliphatic heterocycles. The van der Waals surface area contributed by atoms with Crippen LogP contribution in [0.4, 0.5) is 0 Å². The highest BCUT2D eigenvalue weighted by atomic mass is 32.8. The lowest BCUT2D eigenvalue weighted by Gasteiger charge is -2.43. The van der Waals surface area contributed by atoms with Gasteiger partial charge in [-0.05, 0) is 26.7 Å². The van der Waals surface area contributed by atoms with Gasteiger partial charge in [-0.15, -0.1) is 15.3 Å². The molecule has 0 aromatic rings. The maximum Gasteiger partial charge on any atom is 0.342 e. The van der Waals surface area contributed by atoms with Gasteiger partial charge >= 0.3 is 14.8 Å². The predicted molar refractivity (Wildman–Crippen MR) is 107 cm³/mol. The van der Waals surface area contributed by atoms with E-state index in [4.69, 9.17) is 4.74 Å². The van der Waals surface area contributed by atoms with Crippen molar-refractivity contribution in [2.45, 2.75) is 26.7 Å². The Labute approximate surface area is 143 Å². The maximum absolute atomic E-state index is 5.06. The SMILES string of the molecule is CCN[P+]1(NCC)NP2(=NCCCS2)N[P+]2(NCCCS2)N1. The van der Waals surface area contributed by atoms with Gasteiger partial charge in [-0.25, -0.2) is 0 Å². The molecule has 0 aromatic heterocycles. The Morgan fingerprint density at radius 2 is 1.95 bits per heavy atom. The van der Waals surface area contributed by atoms with E-state index >= 15 is 0 Å². The summed E-state index contributed by atoms with van der Waals surface area (Å²) in [5, 5.41) is 11.2. The molecule has 0 saturated carbocycles. The summed E-state index contributed by atoms with van der Waals surface area (Å²) in [5.74, 6) is 2.41. The summed E-state index contributed by atoms with van der Waals surface area (Å²) in [6.45, 7) is 4.93. The van der Waals surface area contributed by atoms with Gasteiger partial charge in [-0.2, -0.15) is 0 Å². The van der Waals surface area contributed by atoms with Crippen LogP contribution >= 0.6 is 44.1 Å². The lowest BCUT2D eigenvalue weighted by molar-refractivity contribution is 0.838. The van der Waals surface area contributed by atoms with E-state index in [0.717, 1.165) is 26.2 Å². The highest BCUT2D eigenvalue weighted by Crippen LogP contribution is 2.81. The van der Waals surface area contributed by atoms with E-state index < -0.39 is 21.3 Å². The van der Waals surface area contributed by atoms with Crippen LogP contribution in [0.25, 0.3) is 0 Å². The zero-order chi connectivity index (χ0) is 15.5. The van der Waals surface area contributed by atoms with Gasteiger partial charge in [-0.3, -0.25) is 4.74 Å². The van der Waals surface area contributed by atoms with E-state index in [9.17, 15) is 0 Å². The minimum absolute atomic E-state index is 0.941. The summed E-state index contributed by atoms with van der Waals surface area (Å²) in [5.41, 5.74) is 0. The van der Waals surface area contributed by atoms with Crippen molar-refractivity contribution in [2.75, 3.05) is 37.7 Å². The van der Waals surface area contributed by atoms with Crippen LogP contribution in [0.1, 0.15) is 26.7 Å². The molecule has 2 atom stereocenters. The molecule has 3 rings (SSSR count). The van der Waals surface area contributed by atoms with E-state index in [1.54, 1.807) is 0 Å². The molecule has 0 radical (unpaired) electrons. The monoisotopic (exact) mass is 403 g/mol. The quantitative estimate of drug-likeness (QED) is 0.400. The molecule has 12 heteroatoms. The first-order chi connectivity index (χ1) is 10.7. The molecule has 0 amide bonds. The molecule has 3 heterocycles. The number of hydrogen-bond acceptors (Lipinski definition) is 9. The second-order valence-corrected chi connectivity index (χ2v) is 18.8. The van der Waals surface area contributed by atoms with Crippen molar-refractivity contribution in [1.29, 1.82) is 0 Å². The zero-order valence-electron chi connectivity index (χ0n) is 13.3. The van der Waals surface area contributed by atoms with Gasteiger partial charge < -0.3 is 0 Å². The summed E-state index contributed by atoms with van der Waals surface area (Å²) >= 11 is 4.06. The smallest absolute Gasteiger partial charge is 0.260 e. The van der Waals surface area contributed by atoms with Crippen molar-refractivity contribution >= 4 is 44.1 Å². The molecular formula is C10H28N7P3S2+2. The van der Waals surface area contributed by atoms with Gasteiger partial charge in [-0.1, -0.05) is 21.1 Å². The minimum atomic E-state index is -1.82. The Balaban J connectivity index is 1.94. The first-order valence-corrected chi connectivity index (χ1v) is 16.4. The highest BCUT2D eigenvalue weighted by Gasteiger charge is 2.65. The normalized spacial score (nSPS) is 38.1. The van der Waals surface area contributed by atoms with Crippen molar-refractivity contribution in [1.82, 2.24) is 29.8 Å². The summed E-state index contributed by atoms with van der Waals surface area (Å²) in [4.78, 5) is 11.8. The van der Waals surface area contributed by atoms with Crippen molar-refractivity contribution in [2.24, 2.45) is 4.74 Å². The van der Waals surface area contributed by atoms with Crippen LogP contribution < -0.4 is 29.8 Å². The summed E-state index contributed by atoms with van der Waals surface area (Å²) in [7, 11) is -1.82. The molecule has 0 aromatic carbocycles. The van der Waals surface area contributed by atoms with Crippen LogP contribution in [0.5, 0.6) is 0 Å². The van der Waals surface area contributed by atoms with Crippen molar-refractivity contribution < 1.29 is 0 Å². The fourth-order valence-electron chi connectivity index (χ4n) is 2.66. The average molecular weight is 403 g/mol. The lowest BCUT2D eigenvalue weighted by Crippen LogP contribution is -2.53. The Hall–Kier alpha value is 1.55. The van der Waals surface area contributed by atoms with Crippen LogP contribution in [0.2, 0.25) is 0 Å². The molecule has 0 aliphatic carbocycles. The molecule has 2 saturated heterocycles. The molecule has 3 aliphatic rings.